The first-order chi connectivity index (χ1) is 9.65. The van der Waals surface area contributed by atoms with Crippen LogP contribution in [0.5, 0.6) is 11.5 Å². The molecule has 1 aromatic heterocycles. The maximum Gasteiger partial charge on any atom is 0.153 e. The summed E-state index contributed by atoms with van der Waals surface area (Å²) in [6.07, 6.45) is 1.37. The number of hydrogen-bond donors (Lipinski definition) is 1. The third kappa shape index (κ3) is 2.14. The number of nitrogen functional groups attached to an aromatic ring is 1. The molecule has 2 aromatic carbocycles. The molecule has 0 aliphatic heterocycles. The molecule has 0 radical (unpaired) electrons. The summed E-state index contributed by atoms with van der Waals surface area (Å²) in [5.41, 5.74) is 5.77. The molecule has 2 N–H and O–H groups in total. The minimum absolute atomic E-state index is 0.0770. The van der Waals surface area contributed by atoms with Crippen LogP contribution < -0.4 is 10.5 Å². The molecular formula is C15H10F2N2O. The molecule has 3 nitrogen and oxygen atoms in total. The van der Waals surface area contributed by atoms with Gasteiger partial charge < -0.3 is 10.5 Å². The van der Waals surface area contributed by atoms with E-state index in [2.05, 4.69) is 4.98 Å². The first-order valence-corrected chi connectivity index (χ1v) is 5.91. The predicted octanol–water partition coefficient (Wildman–Crippen LogP) is 3.89. The summed E-state index contributed by atoms with van der Waals surface area (Å²) in [5.74, 6) is -0.399. The van der Waals surface area contributed by atoms with Gasteiger partial charge in [0, 0.05) is 5.39 Å². The van der Waals surface area contributed by atoms with Crippen LogP contribution in [0.2, 0.25) is 0 Å². The molecule has 1 heterocycles. The minimum atomic E-state index is -0.553. The molecule has 0 bridgehead atoms. The van der Waals surface area contributed by atoms with Gasteiger partial charge in [0.05, 0.1) is 6.20 Å². The lowest BCUT2D eigenvalue weighted by atomic mass is 10.2. The van der Waals surface area contributed by atoms with Gasteiger partial charge in [-0.2, -0.15) is 0 Å². The van der Waals surface area contributed by atoms with Gasteiger partial charge in [-0.05, 0) is 24.3 Å². The van der Waals surface area contributed by atoms with E-state index in [9.17, 15) is 8.78 Å². The average molecular weight is 272 g/mol. The standard InChI is InChI=1S/C15H10F2N2O/c16-11-4-2-6-13(14(11)18)20-10-7-9-3-1-5-12(17)15(9)19-8-10/h1-8H,18H2. The molecule has 5 heteroatoms. The second kappa shape index (κ2) is 4.77. The molecule has 0 aliphatic carbocycles. The van der Waals surface area contributed by atoms with Crippen molar-refractivity contribution in [3.63, 3.8) is 0 Å². The lowest BCUT2D eigenvalue weighted by Gasteiger charge is -2.09. The van der Waals surface area contributed by atoms with Crippen molar-refractivity contribution in [1.82, 2.24) is 4.98 Å². The normalized spacial score (nSPS) is 10.7. The van der Waals surface area contributed by atoms with Gasteiger partial charge in [0.2, 0.25) is 0 Å². The molecule has 100 valence electrons. The number of pyridine rings is 1. The highest BCUT2D eigenvalue weighted by Crippen LogP contribution is 2.30. The number of ether oxygens (including phenoxy) is 1. The Hall–Kier alpha value is -2.69. The van der Waals surface area contributed by atoms with Crippen LogP contribution in [0.1, 0.15) is 0 Å². The van der Waals surface area contributed by atoms with E-state index in [0.717, 1.165) is 0 Å². The van der Waals surface area contributed by atoms with Crippen molar-refractivity contribution >= 4 is 16.6 Å². The van der Waals surface area contributed by atoms with E-state index >= 15 is 0 Å². The van der Waals surface area contributed by atoms with Gasteiger partial charge in [-0.15, -0.1) is 0 Å². The molecule has 3 aromatic rings. The van der Waals surface area contributed by atoms with Crippen LogP contribution in [0.3, 0.4) is 0 Å². The van der Waals surface area contributed by atoms with Crippen LogP contribution in [0, 0.1) is 11.6 Å². The van der Waals surface area contributed by atoms with Crippen LogP contribution in [0.25, 0.3) is 10.9 Å². The maximum absolute atomic E-state index is 13.5. The number of rotatable bonds is 2. The summed E-state index contributed by atoms with van der Waals surface area (Å²) < 4.78 is 32.3. The fourth-order valence-corrected chi connectivity index (χ4v) is 1.89. The van der Waals surface area contributed by atoms with Crippen LogP contribution in [-0.2, 0) is 0 Å². The van der Waals surface area contributed by atoms with E-state index in [1.165, 1.54) is 24.4 Å². The van der Waals surface area contributed by atoms with Crippen LogP contribution in [0.15, 0.2) is 48.7 Å². The van der Waals surface area contributed by atoms with Gasteiger partial charge in [-0.3, -0.25) is 0 Å². The molecule has 0 saturated carbocycles. The number of hydrogen-bond acceptors (Lipinski definition) is 3. The Kier molecular flexibility index (Phi) is 2.95. The molecule has 20 heavy (non-hydrogen) atoms. The molecule has 0 atom stereocenters. The number of aromatic nitrogens is 1. The van der Waals surface area contributed by atoms with Gasteiger partial charge >= 0.3 is 0 Å². The van der Waals surface area contributed by atoms with Crippen molar-refractivity contribution in [2.45, 2.75) is 0 Å². The molecule has 0 amide bonds. The van der Waals surface area contributed by atoms with Crippen molar-refractivity contribution in [2.75, 3.05) is 5.73 Å². The third-order valence-electron chi connectivity index (χ3n) is 2.88. The SMILES string of the molecule is Nc1c(F)cccc1Oc1cnc2c(F)cccc2c1. The summed E-state index contributed by atoms with van der Waals surface area (Å²) in [6, 6.07) is 10.5. The Morgan fingerprint density at radius 3 is 2.60 bits per heavy atom. The highest BCUT2D eigenvalue weighted by Gasteiger charge is 2.08. The van der Waals surface area contributed by atoms with E-state index in [-0.39, 0.29) is 17.0 Å². The topological polar surface area (TPSA) is 48.1 Å². The fourth-order valence-electron chi connectivity index (χ4n) is 1.89. The zero-order valence-electron chi connectivity index (χ0n) is 10.3. The first kappa shape index (κ1) is 12.3. The Bertz CT molecular complexity index is 790. The Balaban J connectivity index is 2.01. The van der Waals surface area contributed by atoms with Crippen LogP contribution in [0.4, 0.5) is 14.5 Å². The van der Waals surface area contributed by atoms with E-state index in [0.29, 0.717) is 11.1 Å². The number of nitrogens with two attached hydrogens (primary N) is 1. The average Bonchev–Trinajstić information content (AvgIpc) is 2.44. The number of fused-ring (bicyclic) bond motifs is 1. The van der Waals surface area contributed by atoms with Crippen molar-refractivity contribution in [2.24, 2.45) is 0 Å². The third-order valence-corrected chi connectivity index (χ3v) is 2.88. The maximum atomic E-state index is 13.5. The number of para-hydroxylation sites is 2. The molecule has 0 unspecified atom stereocenters. The van der Waals surface area contributed by atoms with Gasteiger partial charge in [0.1, 0.15) is 28.6 Å². The Morgan fingerprint density at radius 2 is 1.75 bits per heavy atom. The summed E-state index contributed by atoms with van der Waals surface area (Å²) in [6.45, 7) is 0. The second-order valence-electron chi connectivity index (χ2n) is 4.24. The minimum Gasteiger partial charge on any atom is -0.453 e. The van der Waals surface area contributed by atoms with Gasteiger partial charge in [-0.1, -0.05) is 18.2 Å². The molecule has 0 aliphatic rings. The smallest absolute Gasteiger partial charge is 0.153 e. The summed E-state index contributed by atoms with van der Waals surface area (Å²) in [7, 11) is 0. The Labute approximate surface area is 113 Å². The number of anilines is 1. The van der Waals surface area contributed by atoms with E-state index < -0.39 is 11.6 Å². The lowest BCUT2D eigenvalue weighted by molar-refractivity contribution is 0.479. The largest absolute Gasteiger partial charge is 0.453 e. The number of benzene rings is 2. The summed E-state index contributed by atoms with van der Waals surface area (Å²) >= 11 is 0. The zero-order valence-corrected chi connectivity index (χ0v) is 10.3. The monoisotopic (exact) mass is 272 g/mol. The second-order valence-corrected chi connectivity index (χ2v) is 4.24. The van der Waals surface area contributed by atoms with Gasteiger partial charge in [0.15, 0.2) is 5.75 Å². The summed E-state index contributed by atoms with van der Waals surface area (Å²) in [4.78, 5) is 3.99. The van der Waals surface area contributed by atoms with Crippen molar-refractivity contribution in [3.05, 3.63) is 60.3 Å². The number of nitrogens with zero attached hydrogens (tertiary/aromatic N) is 1. The predicted molar refractivity (Wildman–Crippen MR) is 72.6 cm³/mol. The van der Waals surface area contributed by atoms with Crippen LogP contribution >= 0.6 is 0 Å². The van der Waals surface area contributed by atoms with E-state index in [4.69, 9.17) is 10.5 Å². The molecule has 0 fully saturated rings. The summed E-state index contributed by atoms with van der Waals surface area (Å²) in [5, 5.41) is 0.595. The first-order valence-electron chi connectivity index (χ1n) is 5.91. The molecule has 0 saturated heterocycles. The van der Waals surface area contributed by atoms with Crippen molar-refractivity contribution < 1.29 is 13.5 Å². The molecular weight excluding hydrogens is 262 g/mol. The van der Waals surface area contributed by atoms with Gasteiger partial charge in [0.25, 0.3) is 0 Å². The van der Waals surface area contributed by atoms with Crippen molar-refractivity contribution in [1.29, 1.82) is 0 Å². The van der Waals surface area contributed by atoms with E-state index in [1.807, 2.05) is 0 Å². The fraction of sp³-hybridized carbons (Fsp3) is 0. The van der Waals surface area contributed by atoms with E-state index in [1.54, 1.807) is 24.3 Å². The Morgan fingerprint density at radius 1 is 1.00 bits per heavy atom. The van der Waals surface area contributed by atoms with Crippen molar-refractivity contribution in [3.8, 4) is 11.5 Å². The lowest BCUT2D eigenvalue weighted by Crippen LogP contribution is -1.95. The zero-order chi connectivity index (χ0) is 14.1. The van der Waals surface area contributed by atoms with Gasteiger partial charge in [-0.25, -0.2) is 13.8 Å². The van der Waals surface area contributed by atoms with Crippen LogP contribution in [-0.4, -0.2) is 4.98 Å². The molecule has 3 rings (SSSR count). The quantitative estimate of drug-likeness (QED) is 0.720. The number of halogens is 2. The highest BCUT2D eigenvalue weighted by atomic mass is 19.1. The molecule has 0 spiro atoms. The highest BCUT2D eigenvalue weighted by molar-refractivity contribution is 5.80.